The Bertz CT molecular complexity index is 957. The van der Waals surface area contributed by atoms with Crippen molar-refractivity contribution in [2.24, 2.45) is 0 Å². The van der Waals surface area contributed by atoms with Crippen molar-refractivity contribution in [3.8, 4) is 0 Å². The first-order valence-electron chi connectivity index (χ1n) is 8.38. The standard InChI is InChI=1S/C20H20IN5O/c1-13-22-18(12-19(23-13)26(2)3)24-16-7-9-17(10-8-16)25-20(27)14-5-4-6-15(21)11-14/h4-12H,1-3H3,(H,25,27)(H,22,23,24). The van der Waals surface area contributed by atoms with Gasteiger partial charge in [0.25, 0.3) is 5.91 Å². The van der Waals surface area contributed by atoms with E-state index in [1.807, 2.05) is 74.4 Å². The summed E-state index contributed by atoms with van der Waals surface area (Å²) in [7, 11) is 3.88. The second-order valence-electron chi connectivity index (χ2n) is 6.22. The van der Waals surface area contributed by atoms with Crippen LogP contribution in [0.2, 0.25) is 0 Å². The fourth-order valence-corrected chi connectivity index (χ4v) is 3.01. The molecule has 1 aromatic heterocycles. The third-order valence-electron chi connectivity index (χ3n) is 3.78. The first-order chi connectivity index (χ1) is 12.9. The number of anilines is 4. The monoisotopic (exact) mass is 473 g/mol. The van der Waals surface area contributed by atoms with Gasteiger partial charge in [0.2, 0.25) is 0 Å². The van der Waals surface area contributed by atoms with Crippen LogP contribution in [0.15, 0.2) is 54.6 Å². The summed E-state index contributed by atoms with van der Waals surface area (Å²) in [6.45, 7) is 1.86. The van der Waals surface area contributed by atoms with Gasteiger partial charge in [-0.3, -0.25) is 4.79 Å². The molecule has 0 aliphatic rings. The molecule has 0 spiro atoms. The fraction of sp³-hybridized carbons (Fsp3) is 0.150. The van der Waals surface area contributed by atoms with Crippen LogP contribution in [-0.4, -0.2) is 30.0 Å². The third-order valence-corrected chi connectivity index (χ3v) is 4.46. The van der Waals surface area contributed by atoms with Gasteiger partial charge in [-0.25, -0.2) is 9.97 Å². The molecule has 0 saturated carbocycles. The van der Waals surface area contributed by atoms with Crippen LogP contribution in [0.5, 0.6) is 0 Å². The van der Waals surface area contributed by atoms with Gasteiger partial charge in [-0.15, -0.1) is 0 Å². The zero-order valence-corrected chi connectivity index (χ0v) is 17.5. The summed E-state index contributed by atoms with van der Waals surface area (Å²) in [5.74, 6) is 2.13. The predicted molar refractivity (Wildman–Crippen MR) is 118 cm³/mol. The molecule has 3 aromatic rings. The average Bonchev–Trinajstić information content (AvgIpc) is 2.63. The van der Waals surface area contributed by atoms with Crippen molar-refractivity contribution < 1.29 is 4.79 Å². The van der Waals surface area contributed by atoms with E-state index in [0.29, 0.717) is 11.4 Å². The van der Waals surface area contributed by atoms with Crippen LogP contribution in [0.25, 0.3) is 0 Å². The van der Waals surface area contributed by atoms with Crippen molar-refractivity contribution in [2.75, 3.05) is 29.6 Å². The van der Waals surface area contributed by atoms with E-state index in [4.69, 9.17) is 0 Å². The lowest BCUT2D eigenvalue weighted by molar-refractivity contribution is 0.102. The molecule has 6 nitrogen and oxygen atoms in total. The molecule has 7 heteroatoms. The van der Waals surface area contributed by atoms with Crippen LogP contribution in [0.1, 0.15) is 16.2 Å². The molecule has 0 aliphatic heterocycles. The first-order valence-corrected chi connectivity index (χ1v) is 9.45. The Morgan fingerprint density at radius 3 is 2.37 bits per heavy atom. The van der Waals surface area contributed by atoms with Crippen LogP contribution in [-0.2, 0) is 0 Å². The van der Waals surface area contributed by atoms with Crippen LogP contribution in [0.4, 0.5) is 23.0 Å². The van der Waals surface area contributed by atoms with Crippen molar-refractivity contribution in [1.29, 1.82) is 0 Å². The Labute approximate surface area is 172 Å². The summed E-state index contributed by atoms with van der Waals surface area (Å²) >= 11 is 2.19. The van der Waals surface area contributed by atoms with Gasteiger partial charge >= 0.3 is 0 Å². The maximum absolute atomic E-state index is 12.3. The molecule has 138 valence electrons. The van der Waals surface area contributed by atoms with E-state index in [1.54, 1.807) is 6.07 Å². The second-order valence-corrected chi connectivity index (χ2v) is 7.47. The van der Waals surface area contributed by atoms with E-state index in [0.717, 1.165) is 26.6 Å². The Morgan fingerprint density at radius 2 is 1.70 bits per heavy atom. The third kappa shape index (κ3) is 5.16. The summed E-state index contributed by atoms with van der Waals surface area (Å²) in [6, 6.07) is 16.9. The van der Waals surface area contributed by atoms with Crippen LogP contribution >= 0.6 is 22.6 Å². The summed E-state index contributed by atoms with van der Waals surface area (Å²) < 4.78 is 1.03. The van der Waals surface area contributed by atoms with E-state index in [1.165, 1.54) is 0 Å². The van der Waals surface area contributed by atoms with Crippen LogP contribution in [0.3, 0.4) is 0 Å². The summed E-state index contributed by atoms with van der Waals surface area (Å²) in [4.78, 5) is 23.1. The minimum absolute atomic E-state index is 0.128. The first kappa shape index (κ1) is 19.1. The summed E-state index contributed by atoms with van der Waals surface area (Å²) in [5, 5.41) is 6.18. The Hall–Kier alpha value is -2.68. The minimum atomic E-state index is -0.128. The number of halogens is 1. The van der Waals surface area contributed by atoms with Gasteiger partial charge in [0, 0.05) is 40.7 Å². The number of aromatic nitrogens is 2. The fourth-order valence-electron chi connectivity index (χ4n) is 2.46. The van der Waals surface area contributed by atoms with Crippen molar-refractivity contribution in [3.63, 3.8) is 0 Å². The van der Waals surface area contributed by atoms with Gasteiger partial charge in [-0.2, -0.15) is 0 Å². The molecule has 1 amide bonds. The second kappa shape index (κ2) is 8.34. The van der Waals surface area contributed by atoms with E-state index in [9.17, 15) is 4.79 Å². The maximum Gasteiger partial charge on any atom is 0.255 e. The highest BCUT2D eigenvalue weighted by molar-refractivity contribution is 14.1. The number of hydrogen-bond acceptors (Lipinski definition) is 5. The Morgan fingerprint density at radius 1 is 1.00 bits per heavy atom. The van der Waals surface area contributed by atoms with Crippen molar-refractivity contribution in [2.45, 2.75) is 6.92 Å². The molecule has 0 aliphatic carbocycles. The van der Waals surface area contributed by atoms with E-state index in [-0.39, 0.29) is 5.91 Å². The van der Waals surface area contributed by atoms with E-state index < -0.39 is 0 Å². The number of amides is 1. The number of nitrogens with one attached hydrogen (secondary N) is 2. The highest BCUT2D eigenvalue weighted by Crippen LogP contribution is 2.21. The minimum Gasteiger partial charge on any atom is -0.363 e. The van der Waals surface area contributed by atoms with Gasteiger partial charge in [-0.1, -0.05) is 6.07 Å². The van der Waals surface area contributed by atoms with E-state index in [2.05, 4.69) is 43.2 Å². The van der Waals surface area contributed by atoms with Gasteiger partial charge in [0.05, 0.1) is 0 Å². The number of rotatable bonds is 5. The quantitative estimate of drug-likeness (QED) is 0.536. The lowest BCUT2D eigenvalue weighted by atomic mass is 10.2. The molecule has 2 aromatic carbocycles. The molecular weight excluding hydrogens is 453 g/mol. The highest BCUT2D eigenvalue weighted by Gasteiger charge is 2.07. The molecule has 1 heterocycles. The topological polar surface area (TPSA) is 70.2 Å². The maximum atomic E-state index is 12.3. The predicted octanol–water partition coefficient (Wildman–Crippen LogP) is 4.45. The molecule has 0 fully saturated rings. The molecule has 0 saturated heterocycles. The largest absolute Gasteiger partial charge is 0.363 e. The van der Waals surface area contributed by atoms with Crippen LogP contribution < -0.4 is 15.5 Å². The van der Waals surface area contributed by atoms with Crippen molar-refractivity contribution in [1.82, 2.24) is 9.97 Å². The molecule has 2 N–H and O–H groups in total. The number of carbonyl (C=O) groups excluding carboxylic acids is 1. The molecule has 0 unspecified atom stereocenters. The summed E-state index contributed by atoms with van der Waals surface area (Å²) in [5.41, 5.74) is 2.25. The number of benzene rings is 2. The van der Waals surface area contributed by atoms with Gasteiger partial charge in [0.15, 0.2) is 0 Å². The molecule has 0 radical (unpaired) electrons. The SMILES string of the molecule is Cc1nc(Nc2ccc(NC(=O)c3cccc(I)c3)cc2)cc(N(C)C)n1. The van der Waals surface area contributed by atoms with Crippen LogP contribution in [0, 0.1) is 10.5 Å². The smallest absolute Gasteiger partial charge is 0.255 e. The number of carbonyl (C=O) groups is 1. The van der Waals surface area contributed by atoms with Gasteiger partial charge in [-0.05, 0) is 72.0 Å². The zero-order valence-electron chi connectivity index (χ0n) is 15.3. The van der Waals surface area contributed by atoms with Crippen molar-refractivity contribution >= 4 is 51.5 Å². The molecule has 27 heavy (non-hydrogen) atoms. The molecule has 0 bridgehead atoms. The lowest BCUT2D eigenvalue weighted by Crippen LogP contribution is -2.12. The summed E-state index contributed by atoms with van der Waals surface area (Å²) in [6.07, 6.45) is 0. The Balaban J connectivity index is 1.70. The van der Waals surface area contributed by atoms with E-state index >= 15 is 0 Å². The number of aryl methyl sites for hydroxylation is 1. The zero-order chi connectivity index (χ0) is 19.4. The normalized spacial score (nSPS) is 10.4. The highest BCUT2D eigenvalue weighted by atomic mass is 127. The Kier molecular flexibility index (Phi) is 5.90. The molecular formula is C20H20IN5O. The van der Waals surface area contributed by atoms with Crippen molar-refractivity contribution in [3.05, 3.63) is 69.6 Å². The number of nitrogens with zero attached hydrogens (tertiary/aromatic N) is 3. The average molecular weight is 473 g/mol. The molecule has 0 atom stereocenters. The lowest BCUT2D eigenvalue weighted by Gasteiger charge is -2.14. The molecule has 3 rings (SSSR count). The van der Waals surface area contributed by atoms with Gasteiger partial charge < -0.3 is 15.5 Å². The van der Waals surface area contributed by atoms with Gasteiger partial charge in [0.1, 0.15) is 17.5 Å². The number of hydrogen-bond donors (Lipinski definition) is 2.